The van der Waals surface area contributed by atoms with E-state index in [1.54, 1.807) is 6.92 Å². The molecule has 0 aromatic carbocycles. The summed E-state index contributed by atoms with van der Waals surface area (Å²) in [7, 11) is -3.47. The highest BCUT2D eigenvalue weighted by molar-refractivity contribution is 7.90. The van der Waals surface area contributed by atoms with Crippen LogP contribution in [0, 0.1) is 16.7 Å². The lowest BCUT2D eigenvalue weighted by Crippen LogP contribution is -2.40. The van der Waals surface area contributed by atoms with E-state index < -0.39 is 15.3 Å². The highest BCUT2D eigenvalue weighted by Gasteiger charge is 2.30. The van der Waals surface area contributed by atoms with Gasteiger partial charge in [-0.2, -0.15) is 5.26 Å². The first-order valence-corrected chi connectivity index (χ1v) is 7.86. The lowest BCUT2D eigenvalue weighted by molar-refractivity contribution is 0.219. The summed E-state index contributed by atoms with van der Waals surface area (Å²) in [6, 6.07) is 1.84. The van der Waals surface area contributed by atoms with Crippen LogP contribution >= 0.6 is 0 Å². The fourth-order valence-electron chi connectivity index (χ4n) is 2.34. The molecular formula is C12H22N2O2S. The molecule has 1 fully saturated rings. The van der Waals surface area contributed by atoms with Crippen LogP contribution in [0.3, 0.4) is 0 Å². The van der Waals surface area contributed by atoms with Crippen LogP contribution in [-0.2, 0) is 10.0 Å². The molecular weight excluding hydrogens is 236 g/mol. The van der Waals surface area contributed by atoms with E-state index in [1.807, 2.05) is 6.07 Å². The number of sulfonamides is 1. The van der Waals surface area contributed by atoms with E-state index in [0.717, 1.165) is 12.8 Å². The number of rotatable bonds is 5. The number of nitriles is 1. The fourth-order valence-corrected chi connectivity index (χ4v) is 3.67. The average molecular weight is 258 g/mol. The molecule has 0 spiro atoms. The molecule has 1 aliphatic carbocycles. The lowest BCUT2D eigenvalue weighted by atomic mass is 9.76. The van der Waals surface area contributed by atoms with Crippen LogP contribution in [0.4, 0.5) is 0 Å². The first kappa shape index (κ1) is 14.5. The van der Waals surface area contributed by atoms with Crippen LogP contribution in [0.25, 0.3) is 0 Å². The Bertz CT molecular complexity index is 378. The molecule has 4 nitrogen and oxygen atoms in total. The maximum atomic E-state index is 11.8. The Morgan fingerprint density at radius 2 is 1.94 bits per heavy atom. The molecule has 1 aliphatic rings. The van der Waals surface area contributed by atoms with Gasteiger partial charge in [0.25, 0.3) is 0 Å². The Morgan fingerprint density at radius 3 is 2.41 bits per heavy atom. The van der Waals surface area contributed by atoms with Crippen LogP contribution in [0.2, 0.25) is 0 Å². The summed E-state index contributed by atoms with van der Waals surface area (Å²) in [5.41, 5.74) is 0.0685. The maximum absolute atomic E-state index is 11.8. The van der Waals surface area contributed by atoms with Crippen molar-refractivity contribution in [2.24, 2.45) is 5.41 Å². The van der Waals surface area contributed by atoms with Gasteiger partial charge in [0.05, 0.1) is 6.07 Å². The Labute approximate surface area is 104 Å². The third-order valence-electron chi connectivity index (χ3n) is 3.65. The van der Waals surface area contributed by atoms with Gasteiger partial charge in [0.15, 0.2) is 5.25 Å². The van der Waals surface area contributed by atoms with Crippen LogP contribution in [0.15, 0.2) is 0 Å². The van der Waals surface area contributed by atoms with Gasteiger partial charge in [0.1, 0.15) is 0 Å². The summed E-state index contributed by atoms with van der Waals surface area (Å²) in [4.78, 5) is 0. The van der Waals surface area contributed by atoms with Crippen molar-refractivity contribution in [1.29, 1.82) is 5.26 Å². The van der Waals surface area contributed by atoms with E-state index in [1.165, 1.54) is 19.3 Å². The Hall–Kier alpha value is -0.600. The predicted molar refractivity (Wildman–Crippen MR) is 67.8 cm³/mol. The molecule has 0 radical (unpaired) electrons. The van der Waals surface area contributed by atoms with Crippen molar-refractivity contribution in [2.45, 2.75) is 57.6 Å². The standard InChI is InChI=1S/C12H22N2O2S/c1-3-11(9-13)17(15,16)14-10-12(2)7-5-4-6-8-12/h11,14H,3-8,10H2,1-2H3. The molecule has 17 heavy (non-hydrogen) atoms. The van der Waals surface area contributed by atoms with Crippen molar-refractivity contribution >= 4 is 10.0 Å². The average Bonchev–Trinajstić information content (AvgIpc) is 2.29. The maximum Gasteiger partial charge on any atom is 0.227 e. The molecule has 1 unspecified atom stereocenters. The molecule has 1 rings (SSSR count). The summed E-state index contributed by atoms with van der Waals surface area (Å²) in [5, 5.41) is 7.87. The molecule has 5 heteroatoms. The van der Waals surface area contributed by atoms with E-state index in [2.05, 4.69) is 11.6 Å². The number of hydrogen-bond acceptors (Lipinski definition) is 3. The molecule has 0 aliphatic heterocycles. The summed E-state index contributed by atoms with van der Waals surface area (Å²) in [6.07, 6.45) is 6.07. The molecule has 0 amide bonds. The van der Waals surface area contributed by atoms with E-state index in [0.29, 0.717) is 13.0 Å². The Kier molecular flexibility index (Phi) is 4.96. The fraction of sp³-hybridized carbons (Fsp3) is 0.917. The van der Waals surface area contributed by atoms with Crippen LogP contribution < -0.4 is 4.72 Å². The summed E-state index contributed by atoms with van der Waals surface area (Å²) < 4.78 is 26.3. The SMILES string of the molecule is CCC(C#N)S(=O)(=O)NCC1(C)CCCCC1. The minimum absolute atomic E-state index is 0.0685. The van der Waals surface area contributed by atoms with Crippen molar-refractivity contribution < 1.29 is 8.42 Å². The molecule has 1 N–H and O–H groups in total. The summed E-state index contributed by atoms with van der Waals surface area (Å²) in [6.45, 7) is 4.31. The van der Waals surface area contributed by atoms with Gasteiger partial charge in [-0.3, -0.25) is 0 Å². The van der Waals surface area contributed by atoms with Crippen molar-refractivity contribution in [3.8, 4) is 6.07 Å². The zero-order valence-electron chi connectivity index (χ0n) is 10.7. The second-order valence-corrected chi connectivity index (χ2v) is 7.21. The number of hydrogen-bond donors (Lipinski definition) is 1. The summed E-state index contributed by atoms with van der Waals surface area (Å²) >= 11 is 0. The third-order valence-corrected chi connectivity index (χ3v) is 5.38. The molecule has 1 atom stereocenters. The van der Waals surface area contributed by atoms with Crippen LogP contribution in [0.1, 0.15) is 52.4 Å². The van der Waals surface area contributed by atoms with Gasteiger partial charge in [-0.1, -0.05) is 33.1 Å². The highest BCUT2D eigenvalue weighted by Crippen LogP contribution is 2.35. The quantitative estimate of drug-likeness (QED) is 0.821. The van der Waals surface area contributed by atoms with Crippen LogP contribution in [-0.4, -0.2) is 20.2 Å². The second-order valence-electron chi connectivity index (χ2n) is 5.26. The Morgan fingerprint density at radius 1 is 1.35 bits per heavy atom. The van der Waals surface area contributed by atoms with Crippen LogP contribution in [0.5, 0.6) is 0 Å². The van der Waals surface area contributed by atoms with Gasteiger partial charge in [-0.05, 0) is 24.7 Å². The predicted octanol–water partition coefficient (Wildman–Crippen LogP) is 2.18. The number of nitrogens with zero attached hydrogens (tertiary/aromatic N) is 1. The minimum Gasteiger partial charge on any atom is -0.214 e. The Balaban J connectivity index is 2.58. The molecule has 0 saturated heterocycles. The van der Waals surface area contributed by atoms with Crippen molar-refractivity contribution in [3.63, 3.8) is 0 Å². The zero-order valence-corrected chi connectivity index (χ0v) is 11.5. The van der Waals surface area contributed by atoms with E-state index in [4.69, 9.17) is 5.26 Å². The first-order valence-electron chi connectivity index (χ1n) is 6.32. The monoisotopic (exact) mass is 258 g/mol. The van der Waals surface area contributed by atoms with E-state index in [-0.39, 0.29) is 5.41 Å². The van der Waals surface area contributed by atoms with E-state index >= 15 is 0 Å². The van der Waals surface area contributed by atoms with Gasteiger partial charge in [0.2, 0.25) is 10.0 Å². The van der Waals surface area contributed by atoms with Gasteiger partial charge >= 0.3 is 0 Å². The van der Waals surface area contributed by atoms with Gasteiger partial charge in [-0.15, -0.1) is 0 Å². The smallest absolute Gasteiger partial charge is 0.214 e. The van der Waals surface area contributed by atoms with E-state index in [9.17, 15) is 8.42 Å². The first-order chi connectivity index (χ1) is 7.93. The highest BCUT2D eigenvalue weighted by atomic mass is 32.2. The number of nitrogens with one attached hydrogen (secondary N) is 1. The molecule has 1 saturated carbocycles. The van der Waals surface area contributed by atoms with Gasteiger partial charge in [-0.25, -0.2) is 13.1 Å². The largest absolute Gasteiger partial charge is 0.227 e. The zero-order chi connectivity index (χ0) is 12.9. The molecule has 0 heterocycles. The minimum atomic E-state index is -3.47. The van der Waals surface area contributed by atoms with Crippen molar-refractivity contribution in [3.05, 3.63) is 0 Å². The lowest BCUT2D eigenvalue weighted by Gasteiger charge is -2.33. The molecule has 0 aromatic rings. The van der Waals surface area contributed by atoms with Crippen molar-refractivity contribution in [2.75, 3.05) is 6.54 Å². The molecule has 98 valence electrons. The van der Waals surface area contributed by atoms with Crippen molar-refractivity contribution in [1.82, 2.24) is 4.72 Å². The van der Waals surface area contributed by atoms with Gasteiger partial charge < -0.3 is 0 Å². The topological polar surface area (TPSA) is 70.0 Å². The second kappa shape index (κ2) is 5.83. The molecule has 0 aromatic heterocycles. The normalized spacial score (nSPS) is 21.7. The third kappa shape index (κ3) is 3.97. The van der Waals surface area contributed by atoms with Gasteiger partial charge in [0, 0.05) is 6.54 Å². The summed E-state index contributed by atoms with van der Waals surface area (Å²) in [5.74, 6) is 0. The molecule has 0 bridgehead atoms.